The van der Waals surface area contributed by atoms with Crippen molar-refractivity contribution in [2.24, 2.45) is 5.92 Å². The molecule has 2 saturated heterocycles. The molecular weight excluding hydrogens is 324 g/mol. The summed E-state index contributed by atoms with van der Waals surface area (Å²) < 4.78 is 27.1. The Labute approximate surface area is 144 Å². The first-order chi connectivity index (χ1) is 11.5. The minimum atomic E-state index is -3.45. The Morgan fingerprint density at radius 3 is 2.29 bits per heavy atom. The topological polar surface area (TPSA) is 57.7 Å². The van der Waals surface area contributed by atoms with E-state index in [1.165, 1.54) is 6.42 Å². The van der Waals surface area contributed by atoms with Crippen molar-refractivity contribution in [3.63, 3.8) is 0 Å². The van der Waals surface area contributed by atoms with Crippen molar-refractivity contribution in [3.8, 4) is 0 Å². The molecule has 1 aromatic carbocycles. The number of nitrogens with zero attached hydrogens (tertiary/aromatic N) is 2. The number of benzene rings is 1. The summed E-state index contributed by atoms with van der Waals surface area (Å²) in [4.78, 5) is 14.6. The van der Waals surface area contributed by atoms with Crippen LogP contribution < -0.4 is 0 Å². The third kappa shape index (κ3) is 3.64. The number of rotatable bonds is 3. The monoisotopic (exact) mass is 350 g/mol. The minimum Gasteiger partial charge on any atom is -0.339 e. The van der Waals surface area contributed by atoms with Crippen LogP contribution >= 0.6 is 0 Å². The van der Waals surface area contributed by atoms with Crippen molar-refractivity contribution in [1.29, 1.82) is 0 Å². The summed E-state index contributed by atoms with van der Waals surface area (Å²) in [5.74, 6) is 0.402. The Balaban J connectivity index is 1.74. The normalized spacial score (nSPS) is 23.2. The van der Waals surface area contributed by atoms with Crippen molar-refractivity contribution < 1.29 is 13.2 Å². The molecule has 2 aliphatic heterocycles. The van der Waals surface area contributed by atoms with Crippen LogP contribution in [0.3, 0.4) is 0 Å². The second kappa shape index (κ2) is 7.23. The molecule has 2 aliphatic rings. The Bertz CT molecular complexity index is 679. The highest BCUT2D eigenvalue weighted by Crippen LogP contribution is 2.24. The number of hydrogen-bond donors (Lipinski definition) is 0. The van der Waals surface area contributed by atoms with Gasteiger partial charge in [0.15, 0.2) is 0 Å². The zero-order valence-electron chi connectivity index (χ0n) is 14.3. The quantitative estimate of drug-likeness (QED) is 0.842. The van der Waals surface area contributed by atoms with Gasteiger partial charge >= 0.3 is 0 Å². The molecule has 6 heteroatoms. The summed E-state index contributed by atoms with van der Waals surface area (Å²) in [7, 11) is -3.45. The molecule has 2 fully saturated rings. The van der Waals surface area contributed by atoms with E-state index in [4.69, 9.17) is 0 Å². The third-order valence-electron chi connectivity index (χ3n) is 5.00. The van der Waals surface area contributed by atoms with E-state index in [9.17, 15) is 13.2 Å². The summed E-state index contributed by atoms with van der Waals surface area (Å²) in [5, 5.41) is 0. The molecule has 0 bridgehead atoms. The molecule has 0 saturated carbocycles. The molecule has 0 aromatic heterocycles. The molecule has 1 amide bonds. The van der Waals surface area contributed by atoms with Crippen molar-refractivity contribution >= 4 is 15.9 Å². The minimum absolute atomic E-state index is 0.00485. The van der Waals surface area contributed by atoms with Crippen LogP contribution in [0.15, 0.2) is 29.2 Å². The Kier molecular flexibility index (Phi) is 5.25. The van der Waals surface area contributed by atoms with Crippen LogP contribution in [-0.2, 0) is 10.0 Å². The number of likely N-dealkylation sites (tertiary alicyclic amines) is 1. The second-order valence-corrected chi connectivity index (χ2v) is 8.93. The van der Waals surface area contributed by atoms with E-state index in [2.05, 4.69) is 6.92 Å². The van der Waals surface area contributed by atoms with E-state index >= 15 is 0 Å². The standard InChI is InChI=1S/C18H26N2O3S/c1-15-6-5-13-20(14-15)24(22,23)17-9-7-16(8-10-17)18(21)19-11-3-2-4-12-19/h7-10,15H,2-6,11-14H2,1H3. The first-order valence-electron chi connectivity index (χ1n) is 8.88. The maximum absolute atomic E-state index is 12.7. The molecule has 1 atom stereocenters. The number of carbonyl (C=O) groups excluding carboxylic acids is 1. The van der Waals surface area contributed by atoms with Crippen LogP contribution in [-0.4, -0.2) is 49.7 Å². The van der Waals surface area contributed by atoms with E-state index in [1.54, 1.807) is 28.6 Å². The predicted molar refractivity (Wildman–Crippen MR) is 93.4 cm³/mol. The average molecular weight is 350 g/mol. The van der Waals surface area contributed by atoms with Crippen LogP contribution in [0.2, 0.25) is 0 Å². The highest BCUT2D eigenvalue weighted by atomic mass is 32.2. The molecule has 132 valence electrons. The Morgan fingerprint density at radius 1 is 1.00 bits per heavy atom. The van der Waals surface area contributed by atoms with Crippen LogP contribution in [0.25, 0.3) is 0 Å². The molecule has 0 N–H and O–H groups in total. The van der Waals surface area contributed by atoms with E-state index in [0.29, 0.717) is 24.6 Å². The average Bonchev–Trinajstić information content (AvgIpc) is 2.62. The van der Waals surface area contributed by atoms with Gasteiger partial charge in [-0.25, -0.2) is 8.42 Å². The molecular formula is C18H26N2O3S. The van der Waals surface area contributed by atoms with Crippen molar-refractivity contribution in [3.05, 3.63) is 29.8 Å². The number of hydrogen-bond acceptors (Lipinski definition) is 3. The SMILES string of the molecule is CC1CCCN(S(=O)(=O)c2ccc(C(=O)N3CCCCC3)cc2)C1. The zero-order chi connectivity index (χ0) is 17.2. The molecule has 3 rings (SSSR count). The van der Waals surface area contributed by atoms with Crippen LogP contribution in [0.4, 0.5) is 0 Å². The summed E-state index contributed by atoms with van der Waals surface area (Å²) in [5.41, 5.74) is 0.572. The summed E-state index contributed by atoms with van der Waals surface area (Å²) in [6, 6.07) is 6.45. The van der Waals surface area contributed by atoms with Gasteiger partial charge in [-0.15, -0.1) is 0 Å². The lowest BCUT2D eigenvalue weighted by molar-refractivity contribution is 0.0724. The molecule has 5 nitrogen and oxygen atoms in total. The molecule has 0 radical (unpaired) electrons. The first-order valence-corrected chi connectivity index (χ1v) is 10.3. The van der Waals surface area contributed by atoms with Gasteiger partial charge in [-0.2, -0.15) is 4.31 Å². The molecule has 24 heavy (non-hydrogen) atoms. The zero-order valence-corrected chi connectivity index (χ0v) is 15.1. The van der Waals surface area contributed by atoms with Crippen molar-refractivity contribution in [2.45, 2.75) is 43.9 Å². The maximum Gasteiger partial charge on any atom is 0.253 e. The maximum atomic E-state index is 12.7. The molecule has 1 unspecified atom stereocenters. The van der Waals surface area contributed by atoms with Gasteiger partial charge in [-0.1, -0.05) is 6.92 Å². The van der Waals surface area contributed by atoms with Crippen LogP contribution in [0, 0.1) is 5.92 Å². The van der Waals surface area contributed by atoms with E-state index in [1.807, 2.05) is 4.90 Å². The lowest BCUT2D eigenvalue weighted by Gasteiger charge is -2.30. The summed E-state index contributed by atoms with van der Waals surface area (Å²) in [6.07, 6.45) is 5.26. The third-order valence-corrected chi connectivity index (χ3v) is 6.88. The highest BCUT2D eigenvalue weighted by Gasteiger charge is 2.29. The number of amides is 1. The molecule has 0 spiro atoms. The smallest absolute Gasteiger partial charge is 0.253 e. The fourth-order valence-electron chi connectivity index (χ4n) is 3.56. The van der Waals surface area contributed by atoms with Gasteiger partial charge in [0.2, 0.25) is 10.0 Å². The molecule has 1 aromatic rings. The van der Waals surface area contributed by atoms with Gasteiger partial charge in [0, 0.05) is 31.7 Å². The first kappa shape index (κ1) is 17.4. The predicted octanol–water partition coefficient (Wildman–Crippen LogP) is 2.73. The van der Waals surface area contributed by atoms with Gasteiger partial charge in [0.1, 0.15) is 0 Å². The van der Waals surface area contributed by atoms with Gasteiger partial charge in [0.25, 0.3) is 5.91 Å². The van der Waals surface area contributed by atoms with Gasteiger partial charge < -0.3 is 4.90 Å². The van der Waals surface area contributed by atoms with Gasteiger partial charge in [0.05, 0.1) is 4.90 Å². The van der Waals surface area contributed by atoms with Crippen molar-refractivity contribution in [1.82, 2.24) is 9.21 Å². The van der Waals surface area contributed by atoms with E-state index in [-0.39, 0.29) is 10.8 Å². The Morgan fingerprint density at radius 2 is 1.67 bits per heavy atom. The summed E-state index contributed by atoms with van der Waals surface area (Å²) in [6.45, 7) is 4.84. The van der Waals surface area contributed by atoms with Crippen LogP contribution in [0.1, 0.15) is 49.4 Å². The van der Waals surface area contributed by atoms with E-state index in [0.717, 1.165) is 38.8 Å². The molecule has 2 heterocycles. The molecule has 0 aliphatic carbocycles. The van der Waals surface area contributed by atoms with E-state index < -0.39 is 10.0 Å². The van der Waals surface area contributed by atoms with Crippen LogP contribution in [0.5, 0.6) is 0 Å². The lowest BCUT2D eigenvalue weighted by atomic mass is 10.0. The fourth-order valence-corrected chi connectivity index (χ4v) is 5.16. The Hall–Kier alpha value is -1.40. The highest BCUT2D eigenvalue weighted by molar-refractivity contribution is 7.89. The van der Waals surface area contributed by atoms with Gasteiger partial charge in [-0.05, 0) is 62.3 Å². The van der Waals surface area contributed by atoms with Crippen molar-refractivity contribution in [2.75, 3.05) is 26.2 Å². The lowest BCUT2D eigenvalue weighted by Crippen LogP contribution is -2.39. The summed E-state index contributed by atoms with van der Waals surface area (Å²) >= 11 is 0. The number of piperidine rings is 2. The van der Waals surface area contributed by atoms with Gasteiger partial charge in [-0.3, -0.25) is 4.79 Å². The fraction of sp³-hybridized carbons (Fsp3) is 0.611. The largest absolute Gasteiger partial charge is 0.339 e. The number of sulfonamides is 1. The number of carbonyl (C=O) groups is 1. The second-order valence-electron chi connectivity index (χ2n) is 6.99.